The van der Waals surface area contributed by atoms with Gasteiger partial charge < -0.3 is 5.32 Å². The van der Waals surface area contributed by atoms with Gasteiger partial charge in [-0.05, 0) is 36.4 Å². The van der Waals surface area contributed by atoms with Gasteiger partial charge in [0.1, 0.15) is 6.54 Å². The van der Waals surface area contributed by atoms with Crippen LogP contribution in [0.15, 0.2) is 41.3 Å². The normalized spacial score (nSPS) is 11.3. The highest BCUT2D eigenvalue weighted by molar-refractivity contribution is 7.99. The molecule has 0 aliphatic rings. The van der Waals surface area contributed by atoms with Crippen molar-refractivity contribution in [2.75, 3.05) is 29.4 Å². The van der Waals surface area contributed by atoms with Gasteiger partial charge in [0.15, 0.2) is 0 Å². The molecule has 0 saturated heterocycles. The molecule has 152 valence electrons. The van der Waals surface area contributed by atoms with E-state index < -0.39 is 22.5 Å². The molecule has 1 amide bonds. The fourth-order valence-electron chi connectivity index (χ4n) is 2.16. The zero-order valence-corrected chi connectivity index (χ0v) is 19.2. The zero-order chi connectivity index (χ0) is 20.9. The largest absolute Gasteiger partial charge is 0.354 e. The van der Waals surface area contributed by atoms with Crippen molar-refractivity contribution < 1.29 is 13.2 Å². The van der Waals surface area contributed by atoms with Gasteiger partial charge >= 0.3 is 0 Å². The van der Waals surface area contributed by atoms with Crippen LogP contribution in [0.4, 0.5) is 5.69 Å². The number of anilines is 1. The lowest BCUT2D eigenvalue weighted by atomic mass is 10.3. The Balaban J connectivity index is 1.98. The first-order valence-corrected chi connectivity index (χ1v) is 12.2. The van der Waals surface area contributed by atoms with Crippen molar-refractivity contribution in [3.05, 3.63) is 56.5 Å². The predicted molar refractivity (Wildman–Crippen MR) is 119 cm³/mol. The topological polar surface area (TPSA) is 66.5 Å². The number of nitrogens with one attached hydrogen (secondary N) is 1. The number of halogens is 4. The van der Waals surface area contributed by atoms with E-state index in [1.165, 1.54) is 23.9 Å². The number of amides is 1. The fourth-order valence-corrected chi connectivity index (χ4v) is 4.61. The third kappa shape index (κ3) is 6.90. The minimum absolute atomic E-state index is 0.0749. The molecule has 0 aliphatic carbocycles. The first-order valence-electron chi connectivity index (χ1n) is 7.85. The predicted octanol–water partition coefficient (Wildman–Crippen LogP) is 4.97. The summed E-state index contributed by atoms with van der Waals surface area (Å²) in [6, 6.07) is 9.98. The van der Waals surface area contributed by atoms with Crippen molar-refractivity contribution in [3.63, 3.8) is 0 Å². The Kier molecular flexibility index (Phi) is 8.60. The number of nitrogens with zero attached hydrogens (tertiary/aromatic N) is 1. The number of hydrogen-bond donors (Lipinski definition) is 1. The molecule has 0 fully saturated rings. The van der Waals surface area contributed by atoms with Crippen LogP contribution in [-0.2, 0) is 14.8 Å². The van der Waals surface area contributed by atoms with Gasteiger partial charge in [0.05, 0.1) is 27.0 Å². The maximum absolute atomic E-state index is 12.2. The molecule has 2 aromatic carbocycles. The van der Waals surface area contributed by atoms with Crippen molar-refractivity contribution in [1.29, 1.82) is 0 Å². The second kappa shape index (κ2) is 10.3. The Labute approximate surface area is 188 Å². The van der Waals surface area contributed by atoms with E-state index in [-0.39, 0.29) is 20.8 Å². The van der Waals surface area contributed by atoms with Crippen LogP contribution in [0, 0.1) is 0 Å². The highest BCUT2D eigenvalue weighted by Gasteiger charge is 2.24. The molecule has 2 aromatic rings. The van der Waals surface area contributed by atoms with Crippen molar-refractivity contribution >= 4 is 79.8 Å². The summed E-state index contributed by atoms with van der Waals surface area (Å²) >= 11 is 25.3. The van der Waals surface area contributed by atoms with E-state index in [2.05, 4.69) is 5.32 Å². The second-order valence-corrected chi connectivity index (χ2v) is 10.4. The minimum Gasteiger partial charge on any atom is -0.354 e. The van der Waals surface area contributed by atoms with E-state index in [9.17, 15) is 13.2 Å². The van der Waals surface area contributed by atoms with Gasteiger partial charge in [-0.1, -0.05) is 46.4 Å². The van der Waals surface area contributed by atoms with Crippen molar-refractivity contribution in [1.82, 2.24) is 5.32 Å². The molecule has 11 heteroatoms. The maximum Gasteiger partial charge on any atom is 0.240 e. The SMILES string of the molecule is CS(=O)(=O)N(CC(=O)NCCSc1ccc(Cl)cc1)c1cc(Cl)c(Cl)cc1Cl. The van der Waals surface area contributed by atoms with Crippen molar-refractivity contribution in [3.8, 4) is 0 Å². The molecule has 0 atom stereocenters. The monoisotopic (exact) mass is 500 g/mol. The number of benzene rings is 2. The lowest BCUT2D eigenvalue weighted by Gasteiger charge is -2.23. The first kappa shape index (κ1) is 23.4. The average molecular weight is 502 g/mol. The van der Waals surface area contributed by atoms with Gasteiger partial charge in [-0.25, -0.2) is 8.42 Å². The number of hydrogen-bond acceptors (Lipinski definition) is 4. The summed E-state index contributed by atoms with van der Waals surface area (Å²) in [7, 11) is -3.77. The molecule has 0 aliphatic heterocycles. The standard InChI is InChI=1S/C17H16Cl4N2O3S2/c1-28(25,26)23(16-9-14(20)13(19)8-15(16)21)10-17(24)22-6-7-27-12-4-2-11(18)3-5-12/h2-5,8-9H,6-7,10H2,1H3,(H,22,24). The number of carbonyl (C=O) groups is 1. The van der Waals surface area contributed by atoms with Crippen LogP contribution in [0.3, 0.4) is 0 Å². The number of carbonyl (C=O) groups excluding carboxylic acids is 1. The minimum atomic E-state index is -3.77. The van der Waals surface area contributed by atoms with E-state index in [4.69, 9.17) is 46.4 Å². The Morgan fingerprint density at radius 1 is 1.04 bits per heavy atom. The highest BCUT2D eigenvalue weighted by atomic mass is 35.5. The van der Waals surface area contributed by atoms with Crippen LogP contribution in [0.2, 0.25) is 20.1 Å². The van der Waals surface area contributed by atoms with Gasteiger partial charge in [-0.2, -0.15) is 0 Å². The Morgan fingerprint density at radius 3 is 2.25 bits per heavy atom. The number of rotatable bonds is 8. The smallest absolute Gasteiger partial charge is 0.240 e. The van der Waals surface area contributed by atoms with E-state index in [0.29, 0.717) is 17.3 Å². The molecule has 0 bridgehead atoms. The molecule has 0 heterocycles. The fraction of sp³-hybridized carbons (Fsp3) is 0.235. The van der Waals surface area contributed by atoms with Crippen molar-refractivity contribution in [2.45, 2.75) is 4.90 Å². The molecule has 0 saturated carbocycles. The maximum atomic E-state index is 12.2. The third-order valence-corrected chi connectivity index (χ3v) is 6.87. The molecule has 0 spiro atoms. The molecular weight excluding hydrogens is 486 g/mol. The van der Waals surface area contributed by atoms with Crippen molar-refractivity contribution in [2.24, 2.45) is 0 Å². The summed E-state index contributed by atoms with van der Waals surface area (Å²) in [6.07, 6.45) is 0.982. The molecule has 5 nitrogen and oxygen atoms in total. The van der Waals surface area contributed by atoms with Gasteiger partial charge in [0, 0.05) is 22.2 Å². The first-order chi connectivity index (χ1) is 13.1. The van der Waals surface area contributed by atoms with Crippen LogP contribution in [0.25, 0.3) is 0 Å². The summed E-state index contributed by atoms with van der Waals surface area (Å²) in [6.45, 7) is -0.0685. The van der Waals surface area contributed by atoms with Gasteiger partial charge in [-0.3, -0.25) is 9.10 Å². The zero-order valence-electron chi connectivity index (χ0n) is 14.6. The van der Waals surface area contributed by atoms with E-state index in [1.807, 2.05) is 12.1 Å². The number of thioether (sulfide) groups is 1. The van der Waals surface area contributed by atoms with Crippen LogP contribution >= 0.6 is 58.2 Å². The third-order valence-electron chi connectivity index (χ3n) is 3.45. The van der Waals surface area contributed by atoms with Gasteiger partial charge in [0.2, 0.25) is 15.9 Å². The molecule has 0 radical (unpaired) electrons. The second-order valence-electron chi connectivity index (χ2n) is 5.64. The van der Waals surface area contributed by atoms with Crippen LogP contribution < -0.4 is 9.62 Å². The highest BCUT2D eigenvalue weighted by Crippen LogP contribution is 2.35. The molecular formula is C17H16Cl4N2O3S2. The van der Waals surface area contributed by atoms with E-state index in [0.717, 1.165) is 15.5 Å². The molecule has 2 rings (SSSR count). The number of sulfonamides is 1. The average Bonchev–Trinajstić information content (AvgIpc) is 2.61. The summed E-state index contributed by atoms with van der Waals surface area (Å²) in [4.78, 5) is 13.3. The van der Waals surface area contributed by atoms with Crippen LogP contribution in [0.5, 0.6) is 0 Å². The summed E-state index contributed by atoms with van der Waals surface area (Å²) < 4.78 is 25.2. The van der Waals surface area contributed by atoms with Gasteiger partial charge in [-0.15, -0.1) is 11.8 Å². The summed E-state index contributed by atoms with van der Waals surface area (Å²) in [5, 5.41) is 3.74. The molecule has 0 unspecified atom stereocenters. The molecule has 0 aromatic heterocycles. The van der Waals surface area contributed by atoms with E-state index >= 15 is 0 Å². The Hall–Kier alpha value is -0.830. The van der Waals surface area contributed by atoms with Gasteiger partial charge in [0.25, 0.3) is 0 Å². The quantitative estimate of drug-likeness (QED) is 0.315. The lowest BCUT2D eigenvalue weighted by Crippen LogP contribution is -2.41. The summed E-state index contributed by atoms with van der Waals surface area (Å²) in [5.74, 6) is 0.143. The molecule has 1 N–H and O–H groups in total. The van der Waals surface area contributed by atoms with Crippen LogP contribution in [-0.4, -0.2) is 39.4 Å². The van der Waals surface area contributed by atoms with E-state index in [1.54, 1.807) is 12.1 Å². The van der Waals surface area contributed by atoms with Crippen LogP contribution in [0.1, 0.15) is 0 Å². The molecule has 28 heavy (non-hydrogen) atoms. The Bertz CT molecular complexity index is 954. The summed E-state index contributed by atoms with van der Waals surface area (Å²) in [5.41, 5.74) is 0.0873. The Morgan fingerprint density at radius 2 is 1.64 bits per heavy atom. The lowest BCUT2D eigenvalue weighted by molar-refractivity contribution is -0.119.